The van der Waals surface area contributed by atoms with E-state index < -0.39 is 23.3 Å². The number of allylic oxidation sites excluding steroid dienone is 7. The number of halogens is 4. The molecule has 0 fully saturated rings. The summed E-state index contributed by atoms with van der Waals surface area (Å²) < 4.78 is 58.7. The van der Waals surface area contributed by atoms with Crippen LogP contribution in [0.25, 0.3) is 11.1 Å². The van der Waals surface area contributed by atoms with E-state index in [1.807, 2.05) is 19.1 Å². The second kappa shape index (κ2) is 13.4. The largest absolute Gasteiger partial charge is 0.209 e. The molecule has 0 saturated carbocycles. The number of hydrogen-bond acceptors (Lipinski definition) is 0. The van der Waals surface area contributed by atoms with Crippen LogP contribution >= 0.6 is 0 Å². The first kappa shape index (κ1) is 27.7. The van der Waals surface area contributed by atoms with Gasteiger partial charge in [-0.25, -0.2) is 17.6 Å². The number of benzene rings is 2. The molecule has 3 rings (SSSR count). The molecule has 0 saturated heterocycles. The molecule has 1 aliphatic carbocycles. The summed E-state index contributed by atoms with van der Waals surface area (Å²) in [6, 6.07) is 10.4. The van der Waals surface area contributed by atoms with Gasteiger partial charge in [0.15, 0.2) is 17.5 Å². The zero-order chi connectivity index (χ0) is 26.1. The molecule has 0 N–H and O–H groups in total. The fourth-order valence-corrected chi connectivity index (χ4v) is 4.67. The molecule has 0 aliphatic heterocycles. The van der Waals surface area contributed by atoms with Crippen LogP contribution < -0.4 is 0 Å². The molecule has 4 heteroatoms. The summed E-state index contributed by atoms with van der Waals surface area (Å²) in [5.41, 5.74) is 3.19. The Labute approximate surface area is 213 Å². The van der Waals surface area contributed by atoms with Gasteiger partial charge in [0.05, 0.1) is 0 Å². The molecule has 36 heavy (non-hydrogen) atoms. The highest BCUT2D eigenvalue weighted by molar-refractivity contribution is 5.78. The molecular weight excluding hydrogens is 460 g/mol. The Morgan fingerprint density at radius 3 is 2.36 bits per heavy atom. The van der Waals surface area contributed by atoms with Crippen molar-refractivity contribution in [3.8, 4) is 0 Å². The van der Waals surface area contributed by atoms with Gasteiger partial charge in [0.1, 0.15) is 5.83 Å². The van der Waals surface area contributed by atoms with Crippen LogP contribution in [0.5, 0.6) is 0 Å². The van der Waals surface area contributed by atoms with Crippen LogP contribution in [-0.2, 0) is 12.8 Å². The van der Waals surface area contributed by atoms with Gasteiger partial charge in [-0.3, -0.25) is 0 Å². The number of rotatable bonds is 11. The molecule has 1 unspecified atom stereocenters. The molecule has 1 aliphatic rings. The van der Waals surface area contributed by atoms with E-state index in [2.05, 4.69) is 19.6 Å². The molecule has 1 atom stereocenters. The van der Waals surface area contributed by atoms with Crippen molar-refractivity contribution < 1.29 is 17.6 Å². The highest BCUT2D eigenvalue weighted by Gasteiger charge is 2.20. The Morgan fingerprint density at radius 2 is 1.75 bits per heavy atom. The van der Waals surface area contributed by atoms with Crippen LogP contribution in [0.2, 0.25) is 0 Å². The molecule has 0 aromatic heterocycles. The normalized spacial score (nSPS) is 17.0. The van der Waals surface area contributed by atoms with Crippen LogP contribution in [0.15, 0.2) is 72.9 Å². The summed E-state index contributed by atoms with van der Waals surface area (Å²) in [4.78, 5) is 0. The third kappa shape index (κ3) is 6.87. The predicted octanol–water partition coefficient (Wildman–Crippen LogP) is 10.3. The average Bonchev–Trinajstić information content (AvgIpc) is 2.91. The summed E-state index contributed by atoms with van der Waals surface area (Å²) in [6.07, 6.45) is 11.0. The fraction of sp³-hybridized carbons (Fsp3) is 0.375. The van der Waals surface area contributed by atoms with E-state index in [1.54, 1.807) is 24.3 Å². The molecule has 0 spiro atoms. The summed E-state index contributed by atoms with van der Waals surface area (Å²) >= 11 is 0. The molecule has 2 aromatic carbocycles. The smallest absolute Gasteiger partial charge is 0.166 e. The zero-order valence-corrected chi connectivity index (χ0v) is 21.4. The first-order valence-electron chi connectivity index (χ1n) is 13.0. The second-order valence-corrected chi connectivity index (χ2v) is 9.51. The standard InChI is InChI=1S/C32H36F4/c1-4-7-9-29(33)31(35)27(8-5-2)24-17-12-23(13-18-24)14-19-26-20-21-28(32(36)30(26)34)25-15-10-22(6-3)11-16-25/h5,8,12-13,15,17-18,20-22H,2,4,6-7,9-11,14,16,19H2,1,3H3/b27-8-,31-29-. The SMILES string of the molecule is C=C/C=C(\C(F)=C(\F)CCCC)c1ccc(CCc2ccc(C3=CCC(CC)CC3)c(F)c2F)cc1. The average molecular weight is 497 g/mol. The molecular formula is C32H36F4. The van der Waals surface area contributed by atoms with Crippen molar-refractivity contribution in [1.29, 1.82) is 0 Å². The van der Waals surface area contributed by atoms with E-state index in [-0.39, 0.29) is 12.0 Å². The molecule has 0 nitrogen and oxygen atoms in total. The quantitative estimate of drug-likeness (QED) is 0.214. The summed E-state index contributed by atoms with van der Waals surface area (Å²) in [5, 5.41) is 0. The van der Waals surface area contributed by atoms with Crippen LogP contribution in [0, 0.1) is 17.6 Å². The van der Waals surface area contributed by atoms with Gasteiger partial charge in [-0.05, 0) is 66.7 Å². The van der Waals surface area contributed by atoms with Gasteiger partial charge in [-0.2, -0.15) is 0 Å². The summed E-state index contributed by atoms with van der Waals surface area (Å²) in [6.45, 7) is 7.70. The van der Waals surface area contributed by atoms with E-state index in [0.717, 1.165) is 43.2 Å². The maximum absolute atomic E-state index is 14.9. The van der Waals surface area contributed by atoms with Crippen molar-refractivity contribution in [2.24, 2.45) is 5.92 Å². The minimum atomic E-state index is -0.868. The molecule has 2 aromatic rings. The van der Waals surface area contributed by atoms with Crippen molar-refractivity contribution in [3.05, 3.63) is 107 Å². The second-order valence-electron chi connectivity index (χ2n) is 9.51. The highest BCUT2D eigenvalue weighted by Crippen LogP contribution is 2.34. The third-order valence-corrected chi connectivity index (χ3v) is 7.06. The number of aryl methyl sites for hydroxylation is 2. The minimum Gasteiger partial charge on any atom is -0.209 e. The van der Waals surface area contributed by atoms with Crippen molar-refractivity contribution in [3.63, 3.8) is 0 Å². The number of hydrogen-bond donors (Lipinski definition) is 0. The van der Waals surface area contributed by atoms with Gasteiger partial charge in [0.25, 0.3) is 0 Å². The van der Waals surface area contributed by atoms with Crippen LogP contribution in [-0.4, -0.2) is 0 Å². The highest BCUT2D eigenvalue weighted by atomic mass is 19.2. The first-order valence-corrected chi connectivity index (χ1v) is 13.0. The van der Waals surface area contributed by atoms with Crippen molar-refractivity contribution in [2.45, 2.75) is 71.6 Å². The number of unbranched alkanes of at least 4 members (excludes halogenated alkanes) is 1. The fourth-order valence-electron chi connectivity index (χ4n) is 4.67. The Kier molecular flexibility index (Phi) is 10.3. The van der Waals surface area contributed by atoms with Crippen molar-refractivity contribution in [2.75, 3.05) is 0 Å². The van der Waals surface area contributed by atoms with E-state index in [4.69, 9.17) is 0 Å². The summed E-state index contributed by atoms with van der Waals surface area (Å²) in [7, 11) is 0. The van der Waals surface area contributed by atoms with Gasteiger partial charge in [-0.15, -0.1) is 0 Å². The van der Waals surface area contributed by atoms with E-state index in [0.29, 0.717) is 41.9 Å². The molecule has 0 heterocycles. The third-order valence-electron chi connectivity index (χ3n) is 7.06. The van der Waals surface area contributed by atoms with Gasteiger partial charge < -0.3 is 0 Å². The van der Waals surface area contributed by atoms with E-state index >= 15 is 0 Å². The lowest BCUT2D eigenvalue weighted by Gasteiger charge is -2.21. The molecule has 0 bridgehead atoms. The first-order chi connectivity index (χ1) is 17.4. The zero-order valence-electron chi connectivity index (χ0n) is 21.4. The maximum atomic E-state index is 14.9. The Balaban J connectivity index is 1.71. The van der Waals surface area contributed by atoms with Gasteiger partial charge in [-0.1, -0.05) is 87.9 Å². The lowest BCUT2D eigenvalue weighted by Crippen LogP contribution is -2.07. The molecule has 0 radical (unpaired) electrons. The van der Waals surface area contributed by atoms with Gasteiger partial charge >= 0.3 is 0 Å². The predicted molar refractivity (Wildman–Crippen MR) is 143 cm³/mol. The van der Waals surface area contributed by atoms with Crippen LogP contribution in [0.4, 0.5) is 17.6 Å². The maximum Gasteiger partial charge on any atom is 0.166 e. The van der Waals surface area contributed by atoms with Crippen molar-refractivity contribution >= 4 is 11.1 Å². The van der Waals surface area contributed by atoms with Crippen LogP contribution in [0.3, 0.4) is 0 Å². The van der Waals surface area contributed by atoms with Crippen LogP contribution in [0.1, 0.15) is 81.0 Å². The Morgan fingerprint density at radius 1 is 1.00 bits per heavy atom. The Bertz CT molecular complexity index is 1140. The van der Waals surface area contributed by atoms with Gasteiger partial charge in [0, 0.05) is 17.6 Å². The van der Waals surface area contributed by atoms with Crippen molar-refractivity contribution in [1.82, 2.24) is 0 Å². The molecule has 0 amide bonds. The summed E-state index contributed by atoms with van der Waals surface area (Å²) in [5.74, 6) is -2.55. The lowest BCUT2D eigenvalue weighted by molar-refractivity contribution is 0.466. The lowest BCUT2D eigenvalue weighted by atomic mass is 9.85. The van der Waals surface area contributed by atoms with E-state index in [9.17, 15) is 17.6 Å². The molecule has 192 valence electrons. The monoisotopic (exact) mass is 496 g/mol. The van der Waals surface area contributed by atoms with Gasteiger partial charge in [0.2, 0.25) is 0 Å². The van der Waals surface area contributed by atoms with E-state index in [1.165, 1.54) is 12.2 Å². The topological polar surface area (TPSA) is 0 Å². The Hall–Kier alpha value is -2.88. The minimum absolute atomic E-state index is 0.0619.